The second-order valence-electron chi connectivity index (χ2n) is 4.78. The number of carbonyl (C=O) groups is 1. The van der Waals surface area contributed by atoms with E-state index < -0.39 is 0 Å². The van der Waals surface area contributed by atoms with Crippen LogP contribution in [0.15, 0.2) is 30.3 Å². The third kappa shape index (κ3) is 4.65. The molecule has 19 heavy (non-hydrogen) atoms. The Kier molecular flexibility index (Phi) is 6.53. The van der Waals surface area contributed by atoms with E-state index in [-0.39, 0.29) is 18.1 Å². The zero-order valence-electron chi connectivity index (χ0n) is 12.2. The first-order valence-corrected chi connectivity index (χ1v) is 6.62. The molecule has 2 atom stereocenters. The molecule has 0 amide bonds. The fraction of sp³-hybridized carbons (Fsp3) is 0.533. The number of nitrogens with zero attached hydrogens (tertiary/aromatic N) is 1. The maximum absolute atomic E-state index is 11.6. The van der Waals surface area contributed by atoms with E-state index in [1.807, 2.05) is 39.2 Å². The molecule has 1 aromatic carbocycles. The molecular formula is C15H24N2O2. The molecule has 0 spiro atoms. The van der Waals surface area contributed by atoms with Gasteiger partial charge in [0.25, 0.3) is 0 Å². The fourth-order valence-electron chi connectivity index (χ4n) is 2.06. The summed E-state index contributed by atoms with van der Waals surface area (Å²) in [7, 11) is 5.50. The van der Waals surface area contributed by atoms with Gasteiger partial charge in [-0.2, -0.15) is 0 Å². The van der Waals surface area contributed by atoms with Crippen molar-refractivity contribution in [2.24, 2.45) is 0 Å². The maximum atomic E-state index is 11.6. The number of esters is 1. The van der Waals surface area contributed by atoms with Gasteiger partial charge >= 0.3 is 5.97 Å². The number of ether oxygens (including phenoxy) is 1. The maximum Gasteiger partial charge on any atom is 0.322 e. The highest BCUT2D eigenvalue weighted by Crippen LogP contribution is 2.17. The smallest absolute Gasteiger partial charge is 0.322 e. The number of carbonyl (C=O) groups excluding carboxylic acids is 1. The standard InChI is InChI=1S/C15H24N2O2/c1-5-13(15(18)19-4)16-11-14(17(2)3)12-9-7-6-8-10-12/h6-10,13-14,16H,5,11H2,1-4H3. The van der Waals surface area contributed by atoms with Crippen LogP contribution in [0.4, 0.5) is 0 Å². The summed E-state index contributed by atoms with van der Waals surface area (Å²) in [6.07, 6.45) is 0.724. The van der Waals surface area contributed by atoms with Crippen LogP contribution in [-0.4, -0.2) is 44.7 Å². The minimum Gasteiger partial charge on any atom is -0.468 e. The van der Waals surface area contributed by atoms with Gasteiger partial charge in [-0.1, -0.05) is 37.3 Å². The molecule has 2 unspecified atom stereocenters. The molecule has 0 saturated heterocycles. The SMILES string of the molecule is CCC(NCC(c1ccccc1)N(C)C)C(=O)OC. The van der Waals surface area contributed by atoms with Crippen LogP contribution in [0, 0.1) is 0 Å². The molecule has 4 heteroatoms. The first-order chi connectivity index (χ1) is 9.10. The highest BCUT2D eigenvalue weighted by molar-refractivity contribution is 5.75. The van der Waals surface area contributed by atoms with Gasteiger partial charge in [-0.15, -0.1) is 0 Å². The van der Waals surface area contributed by atoms with Crippen molar-refractivity contribution in [3.8, 4) is 0 Å². The Morgan fingerprint density at radius 2 is 1.95 bits per heavy atom. The van der Waals surface area contributed by atoms with Gasteiger partial charge in [-0.3, -0.25) is 4.79 Å². The molecule has 0 radical (unpaired) electrons. The van der Waals surface area contributed by atoms with E-state index in [0.717, 1.165) is 6.42 Å². The Morgan fingerprint density at radius 1 is 1.32 bits per heavy atom. The van der Waals surface area contributed by atoms with E-state index in [9.17, 15) is 4.79 Å². The predicted octanol–water partition coefficient (Wildman–Crippen LogP) is 1.83. The molecule has 0 aliphatic rings. The molecule has 1 N–H and O–H groups in total. The normalized spacial score (nSPS) is 14.2. The van der Waals surface area contributed by atoms with Crippen molar-refractivity contribution < 1.29 is 9.53 Å². The minimum absolute atomic E-state index is 0.201. The predicted molar refractivity (Wildman–Crippen MR) is 77.0 cm³/mol. The van der Waals surface area contributed by atoms with Gasteiger partial charge in [0, 0.05) is 12.6 Å². The van der Waals surface area contributed by atoms with Gasteiger partial charge in [0.05, 0.1) is 7.11 Å². The van der Waals surface area contributed by atoms with Gasteiger partial charge < -0.3 is 15.0 Å². The van der Waals surface area contributed by atoms with Crippen molar-refractivity contribution in [3.05, 3.63) is 35.9 Å². The topological polar surface area (TPSA) is 41.6 Å². The summed E-state index contributed by atoms with van der Waals surface area (Å²) in [6, 6.07) is 10.3. The van der Waals surface area contributed by atoms with E-state index in [4.69, 9.17) is 4.74 Å². The Hall–Kier alpha value is -1.39. The summed E-state index contributed by atoms with van der Waals surface area (Å²) in [5.41, 5.74) is 1.24. The number of nitrogens with one attached hydrogen (secondary N) is 1. The second-order valence-corrected chi connectivity index (χ2v) is 4.78. The van der Waals surface area contributed by atoms with Gasteiger partial charge in [0.2, 0.25) is 0 Å². The van der Waals surface area contributed by atoms with Gasteiger partial charge in [-0.05, 0) is 26.1 Å². The van der Waals surface area contributed by atoms with Crippen LogP contribution in [0.5, 0.6) is 0 Å². The largest absolute Gasteiger partial charge is 0.468 e. The summed E-state index contributed by atoms with van der Waals surface area (Å²) >= 11 is 0. The van der Waals surface area contributed by atoms with Crippen LogP contribution >= 0.6 is 0 Å². The first-order valence-electron chi connectivity index (χ1n) is 6.62. The molecule has 1 rings (SSSR count). The lowest BCUT2D eigenvalue weighted by atomic mass is 10.1. The Bertz CT molecular complexity index is 379. The Labute approximate surface area is 115 Å². The fourth-order valence-corrected chi connectivity index (χ4v) is 2.06. The van der Waals surface area contributed by atoms with E-state index in [1.54, 1.807) is 0 Å². The summed E-state index contributed by atoms with van der Waals surface area (Å²) in [4.78, 5) is 13.7. The molecule has 0 saturated carbocycles. The van der Waals surface area contributed by atoms with Crippen LogP contribution in [0.25, 0.3) is 0 Å². The molecule has 0 fully saturated rings. The molecule has 0 aliphatic carbocycles. The van der Waals surface area contributed by atoms with Crippen LogP contribution in [-0.2, 0) is 9.53 Å². The third-order valence-corrected chi connectivity index (χ3v) is 3.26. The molecule has 106 valence electrons. The average molecular weight is 264 g/mol. The van der Waals surface area contributed by atoms with Crippen LogP contribution < -0.4 is 5.32 Å². The number of hydrogen-bond acceptors (Lipinski definition) is 4. The molecule has 0 heterocycles. The average Bonchev–Trinajstić information content (AvgIpc) is 2.43. The van der Waals surface area contributed by atoms with E-state index >= 15 is 0 Å². The van der Waals surface area contributed by atoms with E-state index in [1.165, 1.54) is 12.7 Å². The number of benzene rings is 1. The zero-order chi connectivity index (χ0) is 14.3. The van der Waals surface area contributed by atoms with E-state index in [0.29, 0.717) is 6.54 Å². The number of likely N-dealkylation sites (N-methyl/N-ethyl adjacent to an activating group) is 1. The summed E-state index contributed by atoms with van der Waals surface area (Å²) in [5, 5.41) is 3.28. The van der Waals surface area contributed by atoms with Crippen LogP contribution in [0.2, 0.25) is 0 Å². The van der Waals surface area contributed by atoms with E-state index in [2.05, 4.69) is 22.3 Å². The van der Waals surface area contributed by atoms with Crippen molar-refractivity contribution in [1.29, 1.82) is 0 Å². The molecule has 0 bridgehead atoms. The number of hydrogen-bond donors (Lipinski definition) is 1. The lowest BCUT2D eigenvalue weighted by Gasteiger charge is -2.27. The molecule has 0 aromatic heterocycles. The van der Waals surface area contributed by atoms with Crippen LogP contribution in [0.1, 0.15) is 24.9 Å². The van der Waals surface area contributed by atoms with Gasteiger partial charge in [0.15, 0.2) is 0 Å². The van der Waals surface area contributed by atoms with Gasteiger partial charge in [0.1, 0.15) is 6.04 Å². The van der Waals surface area contributed by atoms with Crippen molar-refractivity contribution in [2.45, 2.75) is 25.4 Å². The molecule has 0 aliphatic heterocycles. The minimum atomic E-state index is -0.240. The lowest BCUT2D eigenvalue weighted by molar-refractivity contribution is -0.143. The Morgan fingerprint density at radius 3 is 2.42 bits per heavy atom. The summed E-state index contributed by atoms with van der Waals surface area (Å²) < 4.78 is 4.79. The monoisotopic (exact) mass is 264 g/mol. The molecule has 4 nitrogen and oxygen atoms in total. The zero-order valence-corrected chi connectivity index (χ0v) is 12.2. The molecular weight excluding hydrogens is 240 g/mol. The van der Waals surface area contributed by atoms with Crippen LogP contribution in [0.3, 0.4) is 0 Å². The highest BCUT2D eigenvalue weighted by atomic mass is 16.5. The van der Waals surface area contributed by atoms with Crippen molar-refractivity contribution in [2.75, 3.05) is 27.7 Å². The Balaban J connectivity index is 2.67. The van der Waals surface area contributed by atoms with Crippen molar-refractivity contribution in [1.82, 2.24) is 10.2 Å². The quantitative estimate of drug-likeness (QED) is 0.763. The number of methoxy groups -OCH3 is 1. The first kappa shape index (κ1) is 15.7. The third-order valence-electron chi connectivity index (χ3n) is 3.26. The van der Waals surface area contributed by atoms with Gasteiger partial charge in [-0.25, -0.2) is 0 Å². The lowest BCUT2D eigenvalue weighted by Crippen LogP contribution is -2.41. The summed E-state index contributed by atoms with van der Waals surface area (Å²) in [6.45, 7) is 2.69. The summed E-state index contributed by atoms with van der Waals surface area (Å²) in [5.74, 6) is -0.201. The molecule has 1 aromatic rings. The number of rotatable bonds is 7. The second kappa shape index (κ2) is 7.92. The van der Waals surface area contributed by atoms with Crippen molar-refractivity contribution in [3.63, 3.8) is 0 Å². The highest BCUT2D eigenvalue weighted by Gasteiger charge is 2.20. The van der Waals surface area contributed by atoms with Crippen molar-refractivity contribution >= 4 is 5.97 Å².